The van der Waals surface area contributed by atoms with Gasteiger partial charge in [-0.3, -0.25) is 14.9 Å². The van der Waals surface area contributed by atoms with E-state index in [2.05, 4.69) is 10.2 Å². The maximum absolute atomic E-state index is 11.5. The number of nitroso groups, excluding NO2 is 1. The Balaban J connectivity index is 2.31. The van der Waals surface area contributed by atoms with Crippen molar-refractivity contribution in [1.29, 1.82) is 0 Å². The maximum atomic E-state index is 11.5. The van der Waals surface area contributed by atoms with Gasteiger partial charge >= 0.3 is 0 Å². The minimum Gasteiger partial charge on any atom is -0.493 e. The molecule has 0 spiro atoms. The lowest BCUT2D eigenvalue weighted by Gasteiger charge is -2.27. The molecule has 0 atom stereocenters. The average molecular weight is 304 g/mol. The van der Waals surface area contributed by atoms with Gasteiger partial charge in [0.05, 0.1) is 22.5 Å². The predicted octanol–water partition coefficient (Wildman–Crippen LogP) is 2.08. The van der Waals surface area contributed by atoms with Gasteiger partial charge in [0.15, 0.2) is 5.69 Å². The van der Waals surface area contributed by atoms with Crippen LogP contribution in [0, 0.1) is 15.0 Å². The number of hydrogen-bond donors (Lipinski definition) is 2. The zero-order valence-electron chi connectivity index (χ0n) is 11.6. The quantitative estimate of drug-likeness (QED) is 0.498. The topological polar surface area (TPSA) is 129 Å². The van der Waals surface area contributed by atoms with Crippen molar-refractivity contribution >= 4 is 28.2 Å². The lowest BCUT2D eigenvalue weighted by atomic mass is 9.95. The van der Waals surface area contributed by atoms with E-state index >= 15 is 0 Å². The van der Waals surface area contributed by atoms with Crippen LogP contribution in [0.3, 0.4) is 0 Å². The molecular weight excluding hydrogens is 292 g/mol. The van der Waals surface area contributed by atoms with E-state index in [4.69, 9.17) is 0 Å². The molecular formula is C13H12N4O5. The van der Waals surface area contributed by atoms with E-state index in [0.717, 1.165) is 0 Å². The van der Waals surface area contributed by atoms with E-state index in [1.807, 2.05) is 0 Å². The van der Waals surface area contributed by atoms with Crippen LogP contribution in [0.1, 0.15) is 18.1 Å². The number of fused-ring (bicyclic) bond motifs is 3. The lowest BCUT2D eigenvalue weighted by Crippen LogP contribution is -2.34. The molecule has 0 unspecified atom stereocenters. The number of nitrogens with zero attached hydrogens (tertiary/aromatic N) is 3. The van der Waals surface area contributed by atoms with Gasteiger partial charge in [-0.25, -0.2) is 0 Å². The van der Waals surface area contributed by atoms with Crippen LogP contribution in [-0.4, -0.2) is 32.4 Å². The number of H-pyrrole nitrogens is 1. The molecule has 0 aliphatic carbocycles. The second-order valence-electron chi connectivity index (χ2n) is 5.14. The molecule has 0 radical (unpaired) electrons. The van der Waals surface area contributed by atoms with Crippen LogP contribution >= 0.6 is 0 Å². The van der Waals surface area contributed by atoms with Gasteiger partial charge in [0.2, 0.25) is 11.8 Å². The van der Waals surface area contributed by atoms with Crippen molar-refractivity contribution in [2.75, 3.05) is 6.54 Å². The summed E-state index contributed by atoms with van der Waals surface area (Å²) >= 11 is 0. The molecule has 9 heteroatoms. The van der Waals surface area contributed by atoms with E-state index in [9.17, 15) is 24.9 Å². The third kappa shape index (κ3) is 1.90. The second kappa shape index (κ2) is 4.79. The van der Waals surface area contributed by atoms with Gasteiger partial charge in [0.25, 0.3) is 5.69 Å². The molecule has 3 rings (SSSR count). The number of aromatic hydroxyl groups is 1. The summed E-state index contributed by atoms with van der Waals surface area (Å²) in [5.41, 5.74) is 1.08. The molecule has 0 bridgehead atoms. The van der Waals surface area contributed by atoms with Crippen molar-refractivity contribution in [1.82, 2.24) is 9.88 Å². The number of nitro benzene ring substituents is 1. The highest BCUT2D eigenvalue weighted by Gasteiger charge is 2.30. The van der Waals surface area contributed by atoms with Crippen molar-refractivity contribution < 1.29 is 14.8 Å². The molecule has 0 fully saturated rings. The first-order chi connectivity index (χ1) is 10.4. The third-order valence-corrected chi connectivity index (χ3v) is 3.96. The Kier molecular flexibility index (Phi) is 3.05. The summed E-state index contributed by atoms with van der Waals surface area (Å²) < 4.78 is 0. The summed E-state index contributed by atoms with van der Waals surface area (Å²) in [6.07, 6.45) is 0.394. The molecule has 2 N–H and O–H groups in total. The van der Waals surface area contributed by atoms with Crippen molar-refractivity contribution in [2.24, 2.45) is 5.18 Å². The van der Waals surface area contributed by atoms with Crippen molar-refractivity contribution in [2.45, 2.75) is 19.9 Å². The van der Waals surface area contributed by atoms with Crippen LogP contribution in [0.25, 0.3) is 10.9 Å². The van der Waals surface area contributed by atoms with Crippen LogP contribution in [0.4, 0.5) is 11.4 Å². The minimum absolute atomic E-state index is 0.126. The summed E-state index contributed by atoms with van der Waals surface area (Å²) in [7, 11) is 0. The van der Waals surface area contributed by atoms with E-state index in [1.54, 1.807) is 0 Å². The number of nitrogens with one attached hydrogen (secondary N) is 1. The standard InChI is InChI=1S/C13H12N4O5/c1-6(18)16-3-2-7-9(5-16)10(17(21)22)4-8-11(7)14-13(19)12(8)15-20/h4,14,19H,2-3,5H2,1H3. The Labute approximate surface area is 123 Å². The molecule has 1 aliphatic heterocycles. The van der Waals surface area contributed by atoms with E-state index in [-0.39, 0.29) is 29.2 Å². The summed E-state index contributed by atoms with van der Waals surface area (Å²) in [4.78, 5) is 37.3. The van der Waals surface area contributed by atoms with E-state index in [1.165, 1.54) is 17.9 Å². The zero-order chi connectivity index (χ0) is 16.0. The molecule has 1 amide bonds. The highest BCUT2D eigenvalue weighted by Crippen LogP contribution is 2.42. The lowest BCUT2D eigenvalue weighted by molar-refractivity contribution is -0.385. The number of nitro groups is 1. The number of carbonyl (C=O) groups is 1. The van der Waals surface area contributed by atoms with E-state index in [0.29, 0.717) is 29.6 Å². The fourth-order valence-corrected chi connectivity index (χ4v) is 2.89. The third-order valence-electron chi connectivity index (χ3n) is 3.96. The highest BCUT2D eigenvalue weighted by molar-refractivity contribution is 5.99. The molecule has 0 saturated heterocycles. The monoisotopic (exact) mass is 304 g/mol. The number of hydrogen-bond acceptors (Lipinski definition) is 6. The Hall–Kier alpha value is -2.97. The summed E-state index contributed by atoms with van der Waals surface area (Å²) in [5, 5.41) is 24.0. The fourth-order valence-electron chi connectivity index (χ4n) is 2.89. The molecule has 0 saturated carbocycles. The zero-order valence-corrected chi connectivity index (χ0v) is 11.6. The van der Waals surface area contributed by atoms with Gasteiger partial charge in [-0.05, 0) is 17.2 Å². The first-order valence-corrected chi connectivity index (χ1v) is 6.56. The number of benzene rings is 1. The molecule has 2 aromatic rings. The number of aromatic nitrogens is 1. The largest absolute Gasteiger partial charge is 0.493 e. The summed E-state index contributed by atoms with van der Waals surface area (Å²) in [5.74, 6) is -0.577. The number of carbonyl (C=O) groups excluding carboxylic acids is 1. The fraction of sp³-hybridized carbons (Fsp3) is 0.308. The summed E-state index contributed by atoms with van der Waals surface area (Å²) in [6, 6.07) is 1.21. The molecule has 114 valence electrons. The molecule has 2 heterocycles. The van der Waals surface area contributed by atoms with Gasteiger partial charge in [0, 0.05) is 24.9 Å². The molecule has 1 aliphatic rings. The minimum atomic E-state index is -0.555. The van der Waals surface area contributed by atoms with Crippen LogP contribution in [-0.2, 0) is 17.8 Å². The Morgan fingerprint density at radius 2 is 2.23 bits per heavy atom. The normalized spacial score (nSPS) is 14.0. The predicted molar refractivity (Wildman–Crippen MR) is 76.9 cm³/mol. The van der Waals surface area contributed by atoms with Crippen LogP contribution in [0.5, 0.6) is 5.88 Å². The SMILES string of the molecule is CC(=O)N1CCc2c(c([N+](=O)[O-])cc3c(N=O)c(O)[nH]c23)C1. The molecule has 22 heavy (non-hydrogen) atoms. The molecule has 1 aromatic heterocycles. The van der Waals surface area contributed by atoms with Gasteiger partial charge in [0.1, 0.15) is 0 Å². The van der Waals surface area contributed by atoms with Crippen molar-refractivity contribution in [3.63, 3.8) is 0 Å². The first kappa shape index (κ1) is 14.0. The highest BCUT2D eigenvalue weighted by atomic mass is 16.6. The number of rotatable bonds is 2. The van der Waals surface area contributed by atoms with Gasteiger partial charge in [-0.2, -0.15) is 0 Å². The number of amides is 1. The molecule has 9 nitrogen and oxygen atoms in total. The van der Waals surface area contributed by atoms with Crippen molar-refractivity contribution in [3.8, 4) is 5.88 Å². The average Bonchev–Trinajstić information content (AvgIpc) is 2.80. The van der Waals surface area contributed by atoms with Gasteiger partial charge in [-0.1, -0.05) is 0 Å². The second-order valence-corrected chi connectivity index (χ2v) is 5.14. The maximum Gasteiger partial charge on any atom is 0.275 e. The first-order valence-electron chi connectivity index (χ1n) is 6.56. The van der Waals surface area contributed by atoms with Crippen LogP contribution in [0.2, 0.25) is 0 Å². The van der Waals surface area contributed by atoms with E-state index < -0.39 is 10.8 Å². The molecule has 1 aromatic carbocycles. The van der Waals surface area contributed by atoms with Gasteiger partial charge in [-0.15, -0.1) is 4.91 Å². The number of aromatic amines is 1. The van der Waals surface area contributed by atoms with Crippen LogP contribution in [0.15, 0.2) is 11.2 Å². The Morgan fingerprint density at radius 3 is 2.82 bits per heavy atom. The smallest absolute Gasteiger partial charge is 0.275 e. The van der Waals surface area contributed by atoms with Crippen molar-refractivity contribution in [3.05, 3.63) is 32.2 Å². The van der Waals surface area contributed by atoms with Crippen LogP contribution < -0.4 is 0 Å². The summed E-state index contributed by atoms with van der Waals surface area (Å²) in [6.45, 7) is 1.95. The van der Waals surface area contributed by atoms with Gasteiger partial charge < -0.3 is 15.0 Å². The Morgan fingerprint density at radius 1 is 1.50 bits per heavy atom. The Bertz CT molecular complexity index is 826.